The Morgan fingerprint density at radius 3 is 2.57 bits per heavy atom. The molecule has 0 radical (unpaired) electrons. The Kier molecular flexibility index (Phi) is 5.17. The van der Waals surface area contributed by atoms with Gasteiger partial charge >= 0.3 is 0 Å². The van der Waals surface area contributed by atoms with Crippen LogP contribution in [0.15, 0.2) is 48.9 Å². The van der Waals surface area contributed by atoms with E-state index in [1.54, 1.807) is 44.8 Å². The second kappa shape index (κ2) is 8.08. The van der Waals surface area contributed by atoms with E-state index in [1.807, 2.05) is 18.3 Å². The van der Waals surface area contributed by atoms with E-state index in [0.29, 0.717) is 34.5 Å². The Morgan fingerprint density at radius 2 is 1.87 bits per heavy atom. The Labute approximate surface area is 172 Å². The lowest BCUT2D eigenvalue weighted by atomic mass is 10.1. The molecule has 4 aromatic rings. The average molecular weight is 404 g/mol. The number of fused-ring (bicyclic) bond motifs is 1. The lowest BCUT2D eigenvalue weighted by Gasteiger charge is -2.12. The molecule has 0 fully saturated rings. The Balaban J connectivity index is 1.73. The molecule has 3 N–H and O–H groups in total. The fraction of sp³-hybridized carbons (Fsp3) is 0.143. The van der Waals surface area contributed by atoms with Crippen molar-refractivity contribution < 1.29 is 14.3 Å². The SMILES string of the molecule is CNC(=O)c1ccc(Nc2nc(OC)c3c(-c4ccncc4)c[nH]c3n2)c(OC)c1. The minimum absolute atomic E-state index is 0.200. The van der Waals surface area contributed by atoms with E-state index in [2.05, 4.69) is 30.6 Å². The molecule has 1 aromatic carbocycles. The summed E-state index contributed by atoms with van der Waals surface area (Å²) in [6.45, 7) is 0. The summed E-state index contributed by atoms with van der Waals surface area (Å²) in [5.74, 6) is 1.04. The van der Waals surface area contributed by atoms with Crippen LogP contribution < -0.4 is 20.1 Å². The minimum Gasteiger partial charge on any atom is -0.495 e. The van der Waals surface area contributed by atoms with Gasteiger partial charge in [-0.15, -0.1) is 0 Å². The van der Waals surface area contributed by atoms with Crippen LogP contribution in [-0.4, -0.2) is 47.1 Å². The van der Waals surface area contributed by atoms with Gasteiger partial charge in [0.05, 0.1) is 25.3 Å². The zero-order valence-electron chi connectivity index (χ0n) is 16.7. The van der Waals surface area contributed by atoms with Gasteiger partial charge in [0, 0.05) is 36.8 Å². The highest BCUT2D eigenvalue weighted by atomic mass is 16.5. The number of rotatable bonds is 6. The first-order valence-electron chi connectivity index (χ1n) is 9.15. The lowest BCUT2D eigenvalue weighted by molar-refractivity contribution is 0.0963. The number of hydrogen-bond acceptors (Lipinski definition) is 7. The topological polar surface area (TPSA) is 114 Å². The fourth-order valence-electron chi connectivity index (χ4n) is 3.16. The summed E-state index contributed by atoms with van der Waals surface area (Å²) in [5.41, 5.74) is 3.62. The summed E-state index contributed by atoms with van der Waals surface area (Å²) < 4.78 is 11.0. The number of ether oxygens (including phenoxy) is 2. The van der Waals surface area contributed by atoms with Crippen LogP contribution in [0.25, 0.3) is 22.2 Å². The van der Waals surface area contributed by atoms with E-state index in [0.717, 1.165) is 16.5 Å². The molecular weight excluding hydrogens is 384 g/mol. The maximum Gasteiger partial charge on any atom is 0.251 e. The van der Waals surface area contributed by atoms with Gasteiger partial charge in [0.15, 0.2) is 0 Å². The first kappa shape index (κ1) is 19.2. The Hall–Kier alpha value is -4.14. The number of amides is 1. The maximum absolute atomic E-state index is 11.9. The van der Waals surface area contributed by atoms with Gasteiger partial charge in [-0.3, -0.25) is 9.78 Å². The van der Waals surface area contributed by atoms with Crippen molar-refractivity contribution in [3.05, 3.63) is 54.5 Å². The van der Waals surface area contributed by atoms with E-state index in [-0.39, 0.29) is 5.91 Å². The van der Waals surface area contributed by atoms with E-state index in [1.165, 1.54) is 7.11 Å². The third-order valence-electron chi connectivity index (χ3n) is 4.62. The summed E-state index contributed by atoms with van der Waals surface area (Å²) in [4.78, 5) is 28.2. The van der Waals surface area contributed by atoms with E-state index in [4.69, 9.17) is 9.47 Å². The molecular formula is C21H20N6O3. The predicted molar refractivity (Wildman–Crippen MR) is 113 cm³/mol. The van der Waals surface area contributed by atoms with Crippen molar-refractivity contribution in [3.63, 3.8) is 0 Å². The first-order valence-corrected chi connectivity index (χ1v) is 9.15. The monoisotopic (exact) mass is 404 g/mol. The number of methoxy groups -OCH3 is 2. The van der Waals surface area contributed by atoms with Crippen molar-refractivity contribution >= 4 is 28.6 Å². The highest BCUT2D eigenvalue weighted by Gasteiger charge is 2.17. The smallest absolute Gasteiger partial charge is 0.251 e. The molecule has 1 amide bonds. The number of anilines is 2. The minimum atomic E-state index is -0.200. The molecule has 9 nitrogen and oxygen atoms in total. The van der Waals surface area contributed by atoms with Crippen molar-refractivity contribution in [3.8, 4) is 22.8 Å². The molecule has 0 aliphatic carbocycles. The molecule has 3 heterocycles. The number of aromatic amines is 1. The molecule has 0 saturated heterocycles. The molecule has 9 heteroatoms. The summed E-state index contributed by atoms with van der Waals surface area (Å²) in [6.07, 6.45) is 5.32. The second-order valence-corrected chi connectivity index (χ2v) is 6.34. The van der Waals surface area contributed by atoms with Gasteiger partial charge in [0.25, 0.3) is 5.91 Å². The van der Waals surface area contributed by atoms with Crippen LogP contribution in [0.1, 0.15) is 10.4 Å². The third-order valence-corrected chi connectivity index (χ3v) is 4.62. The molecule has 3 aromatic heterocycles. The van der Waals surface area contributed by atoms with Crippen molar-refractivity contribution in [2.45, 2.75) is 0 Å². The van der Waals surface area contributed by atoms with Crippen LogP contribution in [0.2, 0.25) is 0 Å². The van der Waals surface area contributed by atoms with Crippen LogP contribution in [0.4, 0.5) is 11.6 Å². The van der Waals surface area contributed by atoms with E-state index < -0.39 is 0 Å². The van der Waals surface area contributed by atoms with Gasteiger partial charge in [-0.25, -0.2) is 0 Å². The normalized spacial score (nSPS) is 10.6. The molecule has 0 bridgehead atoms. The summed E-state index contributed by atoms with van der Waals surface area (Å²) >= 11 is 0. The summed E-state index contributed by atoms with van der Waals surface area (Å²) in [6, 6.07) is 8.89. The maximum atomic E-state index is 11.9. The molecule has 0 spiro atoms. The Bertz CT molecular complexity index is 1210. The standard InChI is InChI=1S/C21H20N6O3/c1-22-19(28)13-4-5-15(16(10-13)29-2)25-21-26-18-17(20(27-21)30-3)14(11-24-18)12-6-8-23-9-7-12/h4-11H,1-3H3,(H,22,28)(H2,24,25,26,27). The van der Waals surface area contributed by atoms with Gasteiger partial charge in [-0.2, -0.15) is 9.97 Å². The van der Waals surface area contributed by atoms with Gasteiger partial charge in [0.2, 0.25) is 11.8 Å². The average Bonchev–Trinajstić information content (AvgIpc) is 3.23. The van der Waals surface area contributed by atoms with Crippen LogP contribution in [0, 0.1) is 0 Å². The van der Waals surface area contributed by atoms with Gasteiger partial charge in [0.1, 0.15) is 11.4 Å². The molecule has 0 atom stereocenters. The number of nitrogens with zero attached hydrogens (tertiary/aromatic N) is 3. The van der Waals surface area contributed by atoms with Crippen molar-refractivity contribution in [1.29, 1.82) is 0 Å². The van der Waals surface area contributed by atoms with Crippen molar-refractivity contribution in [1.82, 2.24) is 25.3 Å². The van der Waals surface area contributed by atoms with Gasteiger partial charge in [-0.05, 0) is 35.9 Å². The number of nitrogens with one attached hydrogen (secondary N) is 3. The first-order chi connectivity index (χ1) is 14.6. The third kappa shape index (κ3) is 3.48. The van der Waals surface area contributed by atoms with Crippen LogP contribution in [0.3, 0.4) is 0 Å². The number of hydrogen-bond donors (Lipinski definition) is 3. The lowest BCUT2D eigenvalue weighted by Crippen LogP contribution is -2.17. The summed E-state index contributed by atoms with van der Waals surface area (Å²) in [7, 11) is 4.67. The van der Waals surface area contributed by atoms with Crippen LogP contribution >= 0.6 is 0 Å². The second-order valence-electron chi connectivity index (χ2n) is 6.34. The van der Waals surface area contributed by atoms with Crippen molar-refractivity contribution in [2.75, 3.05) is 26.6 Å². The van der Waals surface area contributed by atoms with Gasteiger partial charge < -0.3 is 25.1 Å². The number of aromatic nitrogens is 4. The number of pyridine rings is 1. The van der Waals surface area contributed by atoms with E-state index in [9.17, 15) is 4.79 Å². The fourth-order valence-corrected chi connectivity index (χ4v) is 3.16. The largest absolute Gasteiger partial charge is 0.495 e. The van der Waals surface area contributed by atoms with Crippen molar-refractivity contribution in [2.24, 2.45) is 0 Å². The number of carbonyl (C=O) groups is 1. The number of H-pyrrole nitrogens is 1. The van der Waals surface area contributed by atoms with Crippen LogP contribution in [0.5, 0.6) is 11.6 Å². The molecule has 152 valence electrons. The molecule has 0 saturated carbocycles. The zero-order chi connectivity index (χ0) is 21.1. The Morgan fingerprint density at radius 1 is 1.07 bits per heavy atom. The molecule has 0 unspecified atom stereocenters. The predicted octanol–water partition coefficient (Wildman–Crippen LogP) is 3.14. The number of benzene rings is 1. The van der Waals surface area contributed by atoms with E-state index >= 15 is 0 Å². The van der Waals surface area contributed by atoms with Gasteiger partial charge in [-0.1, -0.05) is 0 Å². The molecule has 30 heavy (non-hydrogen) atoms. The van der Waals surface area contributed by atoms with Crippen LogP contribution in [-0.2, 0) is 0 Å². The zero-order valence-corrected chi connectivity index (χ0v) is 16.7. The quantitative estimate of drug-likeness (QED) is 0.452. The molecule has 0 aliphatic rings. The molecule has 4 rings (SSSR count). The molecule has 0 aliphatic heterocycles. The highest BCUT2D eigenvalue weighted by Crippen LogP contribution is 2.35. The summed E-state index contributed by atoms with van der Waals surface area (Å²) in [5, 5.41) is 6.50. The highest BCUT2D eigenvalue weighted by molar-refractivity contribution is 5.98. The number of carbonyl (C=O) groups excluding carboxylic acids is 1.